The Labute approximate surface area is 193 Å². The van der Waals surface area contributed by atoms with Crippen LogP contribution in [0.1, 0.15) is 35.2 Å². The minimum absolute atomic E-state index is 0. The van der Waals surface area contributed by atoms with Crippen molar-refractivity contribution in [3.8, 4) is 5.75 Å². The number of aryl methyl sites for hydroxylation is 2. The molecule has 0 radical (unpaired) electrons. The van der Waals surface area contributed by atoms with Gasteiger partial charge in [0, 0.05) is 38.5 Å². The Morgan fingerprint density at radius 3 is 2.80 bits per heavy atom. The van der Waals surface area contributed by atoms with E-state index in [1.54, 1.807) is 0 Å². The molecule has 4 rings (SSSR count). The number of benzene rings is 1. The van der Waals surface area contributed by atoms with Crippen molar-refractivity contribution in [2.75, 3.05) is 6.61 Å². The summed E-state index contributed by atoms with van der Waals surface area (Å²) in [6.45, 7) is 3.77. The zero-order chi connectivity index (χ0) is 20.2. The highest BCUT2D eigenvalue weighted by molar-refractivity contribution is 14.0. The lowest BCUT2D eigenvalue weighted by atomic mass is 10.0. The van der Waals surface area contributed by atoms with E-state index in [2.05, 4.69) is 39.2 Å². The second-order valence-corrected chi connectivity index (χ2v) is 7.30. The molecular formula is C21H28IN7O. The lowest BCUT2D eigenvalue weighted by Crippen LogP contribution is -2.41. The van der Waals surface area contributed by atoms with Crippen LogP contribution < -0.4 is 15.4 Å². The molecule has 3 aromatic rings. The molecule has 30 heavy (non-hydrogen) atoms. The van der Waals surface area contributed by atoms with Gasteiger partial charge in [-0.15, -0.1) is 34.2 Å². The van der Waals surface area contributed by atoms with Gasteiger partial charge in [-0.2, -0.15) is 0 Å². The molecule has 2 aromatic heterocycles. The second-order valence-electron chi connectivity index (χ2n) is 7.30. The summed E-state index contributed by atoms with van der Waals surface area (Å²) in [5.74, 6) is 3.43. The van der Waals surface area contributed by atoms with Crippen LogP contribution in [-0.4, -0.2) is 31.9 Å². The molecule has 2 N–H and O–H groups in total. The normalized spacial score (nSPS) is 15.7. The van der Waals surface area contributed by atoms with Crippen LogP contribution in [0.3, 0.4) is 0 Å². The van der Waals surface area contributed by atoms with E-state index in [0.717, 1.165) is 40.9 Å². The number of aliphatic imine (C=N–C) groups is 1. The number of para-hydroxylation sites is 1. The van der Waals surface area contributed by atoms with Crippen molar-refractivity contribution in [3.63, 3.8) is 0 Å². The number of hydrogen-bond acceptors (Lipinski definition) is 4. The minimum atomic E-state index is 0. The molecule has 0 saturated carbocycles. The van der Waals surface area contributed by atoms with Gasteiger partial charge in [0.25, 0.3) is 0 Å². The van der Waals surface area contributed by atoms with Gasteiger partial charge in [0.1, 0.15) is 11.6 Å². The lowest BCUT2D eigenvalue weighted by Gasteiger charge is -2.28. The molecule has 8 nitrogen and oxygen atoms in total. The Balaban J connectivity index is 0.00000256. The summed E-state index contributed by atoms with van der Waals surface area (Å²) >= 11 is 0. The monoisotopic (exact) mass is 521 g/mol. The molecule has 0 amide bonds. The van der Waals surface area contributed by atoms with Crippen molar-refractivity contribution in [2.45, 2.75) is 32.5 Å². The average Bonchev–Trinajstić information content (AvgIpc) is 3.29. The molecule has 0 bridgehead atoms. The molecule has 1 unspecified atom stereocenters. The number of hydrogen-bond donors (Lipinski definition) is 2. The summed E-state index contributed by atoms with van der Waals surface area (Å²) in [6, 6.07) is 10.4. The molecule has 1 aliphatic rings. The van der Waals surface area contributed by atoms with Crippen LogP contribution in [0, 0.1) is 6.92 Å². The van der Waals surface area contributed by atoms with Crippen LogP contribution in [0.15, 0.2) is 47.7 Å². The summed E-state index contributed by atoms with van der Waals surface area (Å²) in [5, 5.41) is 15.4. The van der Waals surface area contributed by atoms with Gasteiger partial charge in [0.2, 0.25) is 0 Å². The first-order chi connectivity index (χ1) is 14.1. The fourth-order valence-corrected chi connectivity index (χ4v) is 3.40. The van der Waals surface area contributed by atoms with E-state index in [1.807, 2.05) is 54.5 Å². The molecule has 0 fully saturated rings. The van der Waals surface area contributed by atoms with E-state index in [9.17, 15) is 0 Å². The van der Waals surface area contributed by atoms with Gasteiger partial charge in [-0.05, 0) is 24.6 Å². The van der Waals surface area contributed by atoms with E-state index < -0.39 is 0 Å². The Bertz CT molecular complexity index is 1010. The summed E-state index contributed by atoms with van der Waals surface area (Å²) in [7, 11) is 3.98. The second kappa shape index (κ2) is 9.96. The van der Waals surface area contributed by atoms with Crippen molar-refractivity contribution < 1.29 is 4.74 Å². The number of nitrogens with zero attached hydrogens (tertiary/aromatic N) is 5. The highest BCUT2D eigenvalue weighted by atomic mass is 127. The third-order valence-corrected chi connectivity index (χ3v) is 5.18. The first-order valence-electron chi connectivity index (χ1n) is 9.82. The van der Waals surface area contributed by atoms with E-state index in [0.29, 0.717) is 19.7 Å². The summed E-state index contributed by atoms with van der Waals surface area (Å²) < 4.78 is 9.80. The SMILES string of the molecule is Cc1nnc(CNC(=NCc2ccn(C)c2)NC2CCOc3ccccc32)n1C.I. The topological polar surface area (TPSA) is 81.3 Å². The van der Waals surface area contributed by atoms with Crippen LogP contribution in [0.25, 0.3) is 0 Å². The van der Waals surface area contributed by atoms with Crippen molar-refractivity contribution >= 4 is 29.9 Å². The molecule has 1 atom stereocenters. The third-order valence-electron chi connectivity index (χ3n) is 5.18. The number of aromatic nitrogens is 4. The largest absolute Gasteiger partial charge is 0.493 e. The fraction of sp³-hybridized carbons (Fsp3) is 0.381. The van der Waals surface area contributed by atoms with Crippen LogP contribution >= 0.6 is 24.0 Å². The van der Waals surface area contributed by atoms with Crippen molar-refractivity contribution in [2.24, 2.45) is 19.1 Å². The highest BCUT2D eigenvalue weighted by Gasteiger charge is 2.22. The molecular weight excluding hydrogens is 493 g/mol. The first kappa shape index (κ1) is 22.1. The molecule has 3 heterocycles. The predicted octanol–water partition coefficient (Wildman–Crippen LogP) is 2.84. The smallest absolute Gasteiger partial charge is 0.192 e. The minimum Gasteiger partial charge on any atom is -0.493 e. The van der Waals surface area contributed by atoms with Gasteiger partial charge in [-0.3, -0.25) is 0 Å². The first-order valence-corrected chi connectivity index (χ1v) is 9.82. The number of nitrogens with one attached hydrogen (secondary N) is 2. The maximum Gasteiger partial charge on any atom is 0.192 e. The Morgan fingerprint density at radius 1 is 1.23 bits per heavy atom. The van der Waals surface area contributed by atoms with E-state index in [1.165, 1.54) is 0 Å². The van der Waals surface area contributed by atoms with Gasteiger partial charge in [-0.25, -0.2) is 4.99 Å². The molecule has 0 spiro atoms. The Hall–Kier alpha value is -2.56. The maximum atomic E-state index is 5.79. The number of rotatable bonds is 5. The van der Waals surface area contributed by atoms with Gasteiger partial charge in [0.05, 0.1) is 25.7 Å². The van der Waals surface area contributed by atoms with Crippen LogP contribution in [-0.2, 0) is 27.2 Å². The predicted molar refractivity (Wildman–Crippen MR) is 127 cm³/mol. The summed E-state index contributed by atoms with van der Waals surface area (Å²) in [4.78, 5) is 4.81. The van der Waals surface area contributed by atoms with Crippen molar-refractivity contribution in [1.82, 2.24) is 30.0 Å². The van der Waals surface area contributed by atoms with E-state index in [4.69, 9.17) is 9.73 Å². The number of halogens is 1. The molecule has 160 valence electrons. The number of guanidine groups is 1. The zero-order valence-corrected chi connectivity index (χ0v) is 19.8. The molecule has 9 heteroatoms. The van der Waals surface area contributed by atoms with E-state index >= 15 is 0 Å². The van der Waals surface area contributed by atoms with E-state index in [-0.39, 0.29) is 30.0 Å². The average molecular weight is 521 g/mol. The molecule has 1 aromatic carbocycles. The zero-order valence-electron chi connectivity index (χ0n) is 17.5. The van der Waals surface area contributed by atoms with Crippen molar-refractivity contribution in [3.05, 3.63) is 65.5 Å². The van der Waals surface area contributed by atoms with Gasteiger partial charge in [-0.1, -0.05) is 18.2 Å². The van der Waals surface area contributed by atoms with Crippen LogP contribution in [0.5, 0.6) is 5.75 Å². The van der Waals surface area contributed by atoms with Crippen LogP contribution in [0.4, 0.5) is 0 Å². The number of fused-ring (bicyclic) bond motifs is 1. The quantitative estimate of drug-likeness (QED) is 0.307. The van der Waals surface area contributed by atoms with Crippen LogP contribution in [0.2, 0.25) is 0 Å². The van der Waals surface area contributed by atoms with Crippen molar-refractivity contribution in [1.29, 1.82) is 0 Å². The third kappa shape index (κ3) is 5.13. The van der Waals surface area contributed by atoms with Gasteiger partial charge < -0.3 is 24.5 Å². The number of ether oxygens (including phenoxy) is 1. The molecule has 1 aliphatic heterocycles. The highest BCUT2D eigenvalue weighted by Crippen LogP contribution is 2.31. The maximum absolute atomic E-state index is 5.79. The van der Waals surface area contributed by atoms with Gasteiger partial charge in [0.15, 0.2) is 11.8 Å². The fourth-order valence-electron chi connectivity index (χ4n) is 3.40. The van der Waals surface area contributed by atoms with Gasteiger partial charge >= 0.3 is 0 Å². The Kier molecular flexibility index (Phi) is 7.35. The standard InChI is InChI=1S/C21H27N7O.HI/c1-15-25-26-20(28(15)3)13-23-21(22-12-16-8-10-27(2)14-16)24-18-9-11-29-19-7-5-4-6-17(18)19;/h4-8,10,14,18H,9,11-13H2,1-3H3,(H2,22,23,24);1H. The lowest BCUT2D eigenvalue weighted by molar-refractivity contribution is 0.261. The summed E-state index contributed by atoms with van der Waals surface area (Å²) in [5.41, 5.74) is 2.32. The molecule has 0 aliphatic carbocycles. The summed E-state index contributed by atoms with van der Waals surface area (Å²) in [6.07, 6.45) is 4.99. The Morgan fingerprint density at radius 2 is 2.07 bits per heavy atom. The molecule has 0 saturated heterocycles.